The lowest BCUT2D eigenvalue weighted by Gasteiger charge is -2.33. The summed E-state index contributed by atoms with van der Waals surface area (Å²) in [7, 11) is 3.12. The van der Waals surface area contributed by atoms with Crippen LogP contribution in [0.25, 0.3) is 0 Å². The van der Waals surface area contributed by atoms with E-state index in [1.54, 1.807) is 7.05 Å². The first-order chi connectivity index (χ1) is 20.9. The largest absolute Gasteiger partial charge is 0.357 e. The SMILES string of the molecule is CNC(=O)[C@H](CC(C)C)N(C)C(=O)[C@H](CC(C)C)NC(=O)[C@H](Cc1ccc(Br)cc1)NC(=O)[C@H](CC(C)C)NC(=O)CC(C)C. The maximum Gasteiger partial charge on any atom is 0.245 e. The molecular formula is C34H56BrN5O5. The highest BCUT2D eigenvalue weighted by molar-refractivity contribution is 9.10. The van der Waals surface area contributed by atoms with Gasteiger partial charge in [0.1, 0.15) is 24.2 Å². The highest BCUT2D eigenvalue weighted by Gasteiger charge is 2.35. The van der Waals surface area contributed by atoms with Gasteiger partial charge in [0.15, 0.2) is 0 Å². The van der Waals surface area contributed by atoms with E-state index < -0.39 is 36.0 Å². The van der Waals surface area contributed by atoms with E-state index in [0.717, 1.165) is 10.0 Å². The van der Waals surface area contributed by atoms with Crippen molar-refractivity contribution in [1.82, 2.24) is 26.2 Å². The van der Waals surface area contributed by atoms with Crippen LogP contribution in [0.2, 0.25) is 0 Å². The third-order valence-electron chi connectivity index (χ3n) is 7.32. The van der Waals surface area contributed by atoms with Gasteiger partial charge < -0.3 is 26.2 Å². The number of carbonyl (C=O) groups is 5. The van der Waals surface area contributed by atoms with Gasteiger partial charge in [-0.1, -0.05) is 83.5 Å². The molecule has 0 fully saturated rings. The van der Waals surface area contributed by atoms with Crippen molar-refractivity contribution in [3.8, 4) is 0 Å². The predicted molar refractivity (Wildman–Crippen MR) is 182 cm³/mol. The van der Waals surface area contributed by atoms with Gasteiger partial charge >= 0.3 is 0 Å². The molecule has 1 aromatic rings. The van der Waals surface area contributed by atoms with Crippen LogP contribution >= 0.6 is 15.9 Å². The standard InChI is InChI=1S/C34H56BrN5O5/c1-20(2)15-26(37-30(41)18-23(7)8)31(42)38-27(19-24-11-13-25(35)14-12-24)32(43)39-28(16-21(3)4)34(45)40(10)29(17-22(5)6)33(44)36-9/h11-14,20-23,26-29H,15-19H2,1-10H3,(H,36,44)(H,37,41)(H,38,42)(H,39,43)/t26-,27-,28-,29-/m0/s1. The first-order valence-corrected chi connectivity index (χ1v) is 16.9. The van der Waals surface area contributed by atoms with E-state index in [4.69, 9.17) is 0 Å². The van der Waals surface area contributed by atoms with Gasteiger partial charge in [-0.3, -0.25) is 24.0 Å². The fourth-order valence-corrected chi connectivity index (χ4v) is 5.35. The molecule has 0 aliphatic carbocycles. The van der Waals surface area contributed by atoms with Crippen LogP contribution in [-0.2, 0) is 30.4 Å². The molecule has 1 rings (SSSR count). The smallest absolute Gasteiger partial charge is 0.245 e. The van der Waals surface area contributed by atoms with Crippen molar-refractivity contribution < 1.29 is 24.0 Å². The van der Waals surface area contributed by atoms with E-state index in [2.05, 4.69) is 37.2 Å². The van der Waals surface area contributed by atoms with E-state index in [0.29, 0.717) is 19.3 Å². The molecule has 1 aromatic carbocycles. The molecule has 0 aromatic heterocycles. The summed E-state index contributed by atoms with van der Waals surface area (Å²) in [5.41, 5.74) is 0.809. The highest BCUT2D eigenvalue weighted by atomic mass is 79.9. The number of likely N-dealkylation sites (N-methyl/N-ethyl adjacent to an activating group) is 2. The Bertz CT molecular complexity index is 1120. The van der Waals surface area contributed by atoms with Gasteiger partial charge in [-0.05, 0) is 60.6 Å². The Labute approximate surface area is 278 Å². The Kier molecular flexibility index (Phi) is 17.4. The average molecular weight is 695 g/mol. The number of benzene rings is 1. The van der Waals surface area contributed by atoms with Crippen LogP contribution in [0.3, 0.4) is 0 Å². The highest BCUT2D eigenvalue weighted by Crippen LogP contribution is 2.17. The normalized spacial score (nSPS) is 14.1. The maximum atomic E-state index is 13.9. The van der Waals surface area contributed by atoms with Gasteiger partial charge in [-0.2, -0.15) is 0 Å². The molecule has 0 heterocycles. The number of rotatable bonds is 18. The summed E-state index contributed by atoms with van der Waals surface area (Å²) in [6, 6.07) is 3.98. The molecule has 5 amide bonds. The van der Waals surface area contributed by atoms with E-state index in [1.807, 2.05) is 79.7 Å². The average Bonchev–Trinajstić information content (AvgIpc) is 2.93. The molecule has 0 unspecified atom stereocenters. The van der Waals surface area contributed by atoms with E-state index in [1.165, 1.54) is 11.9 Å². The minimum atomic E-state index is -1.02. The van der Waals surface area contributed by atoms with Gasteiger partial charge in [0.05, 0.1) is 0 Å². The minimum absolute atomic E-state index is 0.0577. The van der Waals surface area contributed by atoms with Crippen LogP contribution in [-0.4, -0.2) is 72.7 Å². The summed E-state index contributed by atoms with van der Waals surface area (Å²) >= 11 is 3.43. The Hall–Kier alpha value is -2.95. The van der Waals surface area contributed by atoms with Crippen LogP contribution < -0.4 is 21.3 Å². The van der Waals surface area contributed by atoms with Crippen molar-refractivity contribution >= 4 is 45.5 Å². The number of halogens is 1. The molecule has 45 heavy (non-hydrogen) atoms. The lowest BCUT2D eigenvalue weighted by Crippen LogP contribution is -2.59. The summed E-state index contributed by atoms with van der Waals surface area (Å²) < 4.78 is 0.874. The van der Waals surface area contributed by atoms with Crippen LogP contribution in [0.4, 0.5) is 0 Å². The Balaban J connectivity index is 3.38. The second-order valence-electron chi connectivity index (χ2n) is 13.6. The van der Waals surface area contributed by atoms with Crippen LogP contribution in [0, 0.1) is 23.7 Å². The van der Waals surface area contributed by atoms with Gasteiger partial charge in [0, 0.05) is 31.4 Å². The van der Waals surface area contributed by atoms with Gasteiger partial charge in [-0.15, -0.1) is 0 Å². The number of hydrogen-bond donors (Lipinski definition) is 4. The Morgan fingerprint density at radius 1 is 0.667 bits per heavy atom. The zero-order valence-electron chi connectivity index (χ0n) is 28.8. The maximum absolute atomic E-state index is 13.9. The summed E-state index contributed by atoms with van der Waals surface area (Å²) in [4.78, 5) is 68.2. The summed E-state index contributed by atoms with van der Waals surface area (Å²) in [5, 5.41) is 11.3. The molecule has 4 atom stereocenters. The van der Waals surface area contributed by atoms with Gasteiger partial charge in [0.2, 0.25) is 29.5 Å². The quantitative estimate of drug-likeness (QED) is 0.183. The number of amides is 5. The molecular weight excluding hydrogens is 638 g/mol. The molecule has 0 bridgehead atoms. The van der Waals surface area contributed by atoms with Gasteiger partial charge in [0.25, 0.3) is 0 Å². The zero-order valence-corrected chi connectivity index (χ0v) is 30.4. The second-order valence-corrected chi connectivity index (χ2v) is 14.6. The second kappa shape index (κ2) is 19.5. The molecule has 10 nitrogen and oxygen atoms in total. The van der Waals surface area contributed by atoms with E-state index in [9.17, 15) is 24.0 Å². The van der Waals surface area contributed by atoms with Crippen molar-refractivity contribution in [3.63, 3.8) is 0 Å². The third-order valence-corrected chi connectivity index (χ3v) is 7.85. The number of carbonyl (C=O) groups excluding carboxylic acids is 5. The van der Waals surface area contributed by atoms with Crippen molar-refractivity contribution in [2.45, 2.75) is 112 Å². The first kappa shape index (κ1) is 40.1. The summed E-state index contributed by atoms with van der Waals surface area (Å²) in [6.45, 7) is 15.7. The van der Waals surface area contributed by atoms with Crippen LogP contribution in [0.5, 0.6) is 0 Å². The zero-order chi connectivity index (χ0) is 34.4. The monoisotopic (exact) mass is 693 g/mol. The minimum Gasteiger partial charge on any atom is -0.357 e. The van der Waals surface area contributed by atoms with E-state index in [-0.39, 0.29) is 54.2 Å². The van der Waals surface area contributed by atoms with Crippen LogP contribution in [0.1, 0.15) is 86.6 Å². The van der Waals surface area contributed by atoms with Crippen molar-refractivity contribution in [1.29, 1.82) is 0 Å². The lowest BCUT2D eigenvalue weighted by atomic mass is 9.97. The van der Waals surface area contributed by atoms with Crippen LogP contribution in [0.15, 0.2) is 28.7 Å². The molecule has 11 heteroatoms. The Morgan fingerprint density at radius 3 is 1.64 bits per heavy atom. The number of nitrogens with one attached hydrogen (secondary N) is 4. The topological polar surface area (TPSA) is 137 Å². The molecule has 4 N–H and O–H groups in total. The lowest BCUT2D eigenvalue weighted by molar-refractivity contribution is -0.143. The molecule has 0 saturated heterocycles. The van der Waals surface area contributed by atoms with Crippen molar-refractivity contribution in [2.75, 3.05) is 14.1 Å². The molecule has 0 saturated carbocycles. The van der Waals surface area contributed by atoms with Gasteiger partial charge in [-0.25, -0.2) is 0 Å². The molecule has 0 aliphatic rings. The predicted octanol–water partition coefficient (Wildman–Crippen LogP) is 4.20. The Morgan fingerprint density at radius 2 is 1.16 bits per heavy atom. The number of hydrogen-bond acceptors (Lipinski definition) is 5. The first-order valence-electron chi connectivity index (χ1n) is 16.1. The third kappa shape index (κ3) is 14.8. The number of nitrogens with zero attached hydrogens (tertiary/aromatic N) is 1. The van der Waals surface area contributed by atoms with Crippen molar-refractivity contribution in [3.05, 3.63) is 34.3 Å². The fraction of sp³-hybridized carbons (Fsp3) is 0.676. The molecule has 254 valence electrons. The van der Waals surface area contributed by atoms with Crippen molar-refractivity contribution in [2.24, 2.45) is 23.7 Å². The molecule has 0 aliphatic heterocycles. The fourth-order valence-electron chi connectivity index (χ4n) is 5.08. The summed E-state index contributed by atoms with van der Waals surface area (Å²) in [6.07, 6.45) is 1.67. The summed E-state index contributed by atoms with van der Waals surface area (Å²) in [5.74, 6) is -1.40. The molecule has 0 spiro atoms. The van der Waals surface area contributed by atoms with E-state index >= 15 is 0 Å². The molecule has 0 radical (unpaired) electrons.